The molecular weight excluding hydrogens is 287 g/mol. The molecule has 0 aromatic heterocycles. The molecule has 5 heteroatoms. The lowest BCUT2D eigenvalue weighted by atomic mass is 10.0. The molecule has 0 bridgehead atoms. The first kappa shape index (κ1) is 16.5. The van der Waals surface area contributed by atoms with Crippen molar-refractivity contribution in [1.29, 1.82) is 0 Å². The van der Waals surface area contributed by atoms with Crippen LogP contribution in [-0.4, -0.2) is 0 Å². The van der Waals surface area contributed by atoms with Gasteiger partial charge in [-0.3, -0.25) is 0 Å². The zero-order chi connectivity index (χ0) is 14.0. The van der Waals surface area contributed by atoms with Crippen molar-refractivity contribution in [3.05, 3.63) is 59.7 Å². The van der Waals surface area contributed by atoms with Crippen molar-refractivity contribution >= 4 is 12.4 Å². The Morgan fingerprint density at radius 2 is 1.25 bits per heavy atom. The van der Waals surface area contributed by atoms with Crippen LogP contribution in [0.1, 0.15) is 24.1 Å². The monoisotopic (exact) mass is 301 g/mol. The van der Waals surface area contributed by atoms with Crippen LogP contribution in [0.2, 0.25) is 0 Å². The van der Waals surface area contributed by atoms with Crippen molar-refractivity contribution in [2.75, 3.05) is 0 Å². The van der Waals surface area contributed by atoms with E-state index >= 15 is 0 Å². The number of halogens is 4. The van der Waals surface area contributed by atoms with Gasteiger partial charge in [-0.2, -0.15) is 13.2 Å². The summed E-state index contributed by atoms with van der Waals surface area (Å²) in [7, 11) is 0. The third-order valence-electron chi connectivity index (χ3n) is 2.98. The smallest absolute Gasteiger partial charge is 0.324 e. The van der Waals surface area contributed by atoms with Gasteiger partial charge in [-0.15, -0.1) is 12.4 Å². The summed E-state index contributed by atoms with van der Waals surface area (Å²) < 4.78 is 37.3. The summed E-state index contributed by atoms with van der Waals surface area (Å²) in [5.74, 6) is 0. The molecule has 0 fully saturated rings. The lowest BCUT2D eigenvalue weighted by Gasteiger charge is -2.09. The van der Waals surface area contributed by atoms with Gasteiger partial charge in [0.25, 0.3) is 0 Å². The maximum absolute atomic E-state index is 12.4. The largest absolute Gasteiger partial charge is 0.416 e. The van der Waals surface area contributed by atoms with E-state index in [2.05, 4.69) is 0 Å². The fourth-order valence-electron chi connectivity index (χ4n) is 1.83. The van der Waals surface area contributed by atoms with Gasteiger partial charge in [-0.05, 0) is 35.7 Å². The number of alkyl halides is 3. The molecule has 0 heterocycles. The molecule has 0 spiro atoms. The Labute approximate surface area is 122 Å². The molecule has 1 atom stereocenters. The van der Waals surface area contributed by atoms with Gasteiger partial charge in [0, 0.05) is 6.04 Å². The van der Waals surface area contributed by atoms with Crippen LogP contribution >= 0.6 is 12.4 Å². The molecular formula is C15H15ClF3N. The van der Waals surface area contributed by atoms with Crippen LogP contribution in [-0.2, 0) is 6.18 Å². The van der Waals surface area contributed by atoms with E-state index in [0.29, 0.717) is 0 Å². The van der Waals surface area contributed by atoms with E-state index in [4.69, 9.17) is 5.73 Å². The van der Waals surface area contributed by atoms with Crippen molar-refractivity contribution in [1.82, 2.24) is 0 Å². The Balaban J connectivity index is 0.00000200. The molecule has 1 nitrogen and oxygen atoms in total. The topological polar surface area (TPSA) is 26.0 Å². The standard InChI is InChI=1S/C15H14F3N.ClH/c1-10(19)11-2-4-12(5-3-11)13-6-8-14(9-7-13)15(16,17)18;/h2-10H,19H2,1H3;1H/t10-;/m0./s1. The Kier molecular flexibility index (Phi) is 5.20. The van der Waals surface area contributed by atoms with Crippen LogP contribution in [0.25, 0.3) is 11.1 Å². The first-order valence-corrected chi connectivity index (χ1v) is 5.91. The molecule has 0 saturated carbocycles. The average molecular weight is 302 g/mol. The quantitative estimate of drug-likeness (QED) is 0.846. The third kappa shape index (κ3) is 3.74. The van der Waals surface area contributed by atoms with Crippen LogP contribution in [0.15, 0.2) is 48.5 Å². The molecule has 2 N–H and O–H groups in total. The molecule has 20 heavy (non-hydrogen) atoms. The van der Waals surface area contributed by atoms with Crippen molar-refractivity contribution < 1.29 is 13.2 Å². The third-order valence-corrected chi connectivity index (χ3v) is 2.98. The second-order valence-corrected chi connectivity index (χ2v) is 4.49. The number of rotatable bonds is 2. The molecule has 0 aliphatic carbocycles. The molecule has 0 aliphatic rings. The Hall–Kier alpha value is -1.52. The van der Waals surface area contributed by atoms with Crippen LogP contribution in [0, 0.1) is 0 Å². The molecule has 2 aromatic carbocycles. The van der Waals surface area contributed by atoms with Gasteiger partial charge in [0.05, 0.1) is 5.56 Å². The lowest BCUT2D eigenvalue weighted by Crippen LogP contribution is -2.04. The van der Waals surface area contributed by atoms with E-state index in [9.17, 15) is 13.2 Å². The SMILES string of the molecule is C[C@H](N)c1ccc(-c2ccc(C(F)(F)F)cc2)cc1.Cl. The van der Waals surface area contributed by atoms with Crippen molar-refractivity contribution in [2.24, 2.45) is 5.73 Å². The first-order chi connectivity index (χ1) is 8.88. The predicted octanol–water partition coefficient (Wildman–Crippen LogP) is 4.81. The highest BCUT2D eigenvalue weighted by atomic mass is 35.5. The Bertz CT molecular complexity index is 545. The predicted molar refractivity (Wildman–Crippen MR) is 76.7 cm³/mol. The second kappa shape index (κ2) is 6.29. The fraction of sp³-hybridized carbons (Fsp3) is 0.200. The van der Waals surface area contributed by atoms with E-state index < -0.39 is 11.7 Å². The van der Waals surface area contributed by atoms with Crippen LogP contribution in [0.3, 0.4) is 0 Å². The highest BCUT2D eigenvalue weighted by Gasteiger charge is 2.29. The number of nitrogens with two attached hydrogens (primary N) is 1. The second-order valence-electron chi connectivity index (χ2n) is 4.49. The summed E-state index contributed by atoms with van der Waals surface area (Å²) in [5.41, 5.74) is 7.73. The Morgan fingerprint density at radius 3 is 1.60 bits per heavy atom. The van der Waals surface area contributed by atoms with E-state index in [1.165, 1.54) is 12.1 Å². The number of hydrogen-bond acceptors (Lipinski definition) is 1. The van der Waals surface area contributed by atoms with E-state index in [1.807, 2.05) is 31.2 Å². The van der Waals surface area contributed by atoms with E-state index in [-0.39, 0.29) is 18.4 Å². The summed E-state index contributed by atoms with van der Waals surface area (Å²) in [5, 5.41) is 0. The van der Waals surface area contributed by atoms with Crippen LogP contribution in [0.5, 0.6) is 0 Å². The minimum atomic E-state index is -4.29. The summed E-state index contributed by atoms with van der Waals surface area (Å²) in [6.07, 6.45) is -4.29. The minimum Gasteiger partial charge on any atom is -0.324 e. The van der Waals surface area contributed by atoms with Crippen LogP contribution < -0.4 is 5.73 Å². The number of hydrogen-bond donors (Lipinski definition) is 1. The molecule has 2 rings (SSSR count). The maximum Gasteiger partial charge on any atom is 0.416 e. The molecule has 0 unspecified atom stereocenters. The molecule has 2 aromatic rings. The normalized spacial score (nSPS) is 12.7. The zero-order valence-electron chi connectivity index (χ0n) is 10.8. The van der Waals surface area contributed by atoms with Crippen molar-refractivity contribution in [3.8, 4) is 11.1 Å². The van der Waals surface area contributed by atoms with Gasteiger partial charge >= 0.3 is 6.18 Å². The van der Waals surface area contributed by atoms with Gasteiger partial charge in [0.2, 0.25) is 0 Å². The Morgan fingerprint density at radius 1 is 0.850 bits per heavy atom. The molecule has 0 saturated heterocycles. The first-order valence-electron chi connectivity index (χ1n) is 5.91. The molecule has 108 valence electrons. The van der Waals surface area contributed by atoms with Gasteiger partial charge < -0.3 is 5.73 Å². The highest BCUT2D eigenvalue weighted by Crippen LogP contribution is 2.31. The van der Waals surface area contributed by atoms with Gasteiger partial charge in [-0.25, -0.2) is 0 Å². The van der Waals surface area contributed by atoms with Crippen LogP contribution in [0.4, 0.5) is 13.2 Å². The molecule has 0 amide bonds. The highest BCUT2D eigenvalue weighted by molar-refractivity contribution is 5.85. The van der Waals surface area contributed by atoms with Gasteiger partial charge in [-0.1, -0.05) is 36.4 Å². The summed E-state index contributed by atoms with van der Waals surface area (Å²) in [4.78, 5) is 0. The van der Waals surface area contributed by atoms with Crippen molar-refractivity contribution in [3.63, 3.8) is 0 Å². The summed E-state index contributed by atoms with van der Waals surface area (Å²) in [6, 6.07) is 12.6. The van der Waals surface area contributed by atoms with Gasteiger partial charge in [0.15, 0.2) is 0 Å². The van der Waals surface area contributed by atoms with E-state index in [1.54, 1.807) is 0 Å². The fourth-order valence-corrected chi connectivity index (χ4v) is 1.83. The lowest BCUT2D eigenvalue weighted by molar-refractivity contribution is -0.137. The minimum absolute atomic E-state index is 0. The number of benzene rings is 2. The molecule has 0 aliphatic heterocycles. The maximum atomic E-state index is 12.4. The van der Waals surface area contributed by atoms with Crippen molar-refractivity contribution in [2.45, 2.75) is 19.1 Å². The average Bonchev–Trinajstić information content (AvgIpc) is 2.38. The van der Waals surface area contributed by atoms with E-state index in [0.717, 1.165) is 28.8 Å². The summed E-state index contributed by atoms with van der Waals surface area (Å²) >= 11 is 0. The zero-order valence-corrected chi connectivity index (χ0v) is 11.6. The summed E-state index contributed by atoms with van der Waals surface area (Å²) in [6.45, 7) is 1.88. The molecule has 0 radical (unpaired) electrons. The van der Waals surface area contributed by atoms with Gasteiger partial charge in [0.1, 0.15) is 0 Å².